The SMILES string of the molecule is CC1(C)N[SH](=O)(C(C)(C)C)NC1=O. The molecule has 2 N–H and O–H groups in total. The van der Waals surface area contributed by atoms with Crippen LogP contribution in [0.2, 0.25) is 0 Å². The fourth-order valence-corrected chi connectivity index (χ4v) is 3.27. The van der Waals surface area contributed by atoms with Crippen molar-refractivity contribution in [2.75, 3.05) is 0 Å². The summed E-state index contributed by atoms with van der Waals surface area (Å²) in [6.07, 6.45) is 0. The van der Waals surface area contributed by atoms with Crippen molar-refractivity contribution in [3.63, 3.8) is 0 Å². The Hall–Kier alpha value is -0.420. The van der Waals surface area contributed by atoms with Crippen molar-refractivity contribution < 1.29 is 9.00 Å². The zero-order valence-corrected chi connectivity index (χ0v) is 9.66. The van der Waals surface area contributed by atoms with Gasteiger partial charge in [0.1, 0.15) is 5.54 Å². The van der Waals surface area contributed by atoms with E-state index in [1.807, 2.05) is 20.8 Å². The van der Waals surface area contributed by atoms with Crippen LogP contribution in [0.1, 0.15) is 34.6 Å². The van der Waals surface area contributed by atoms with E-state index in [1.54, 1.807) is 13.8 Å². The molecule has 1 aliphatic rings. The second-order valence-electron chi connectivity index (χ2n) is 4.96. The fourth-order valence-electron chi connectivity index (χ4n) is 1.09. The molecule has 4 nitrogen and oxygen atoms in total. The maximum Gasteiger partial charge on any atom is 0.251 e. The van der Waals surface area contributed by atoms with E-state index in [9.17, 15) is 9.00 Å². The lowest BCUT2D eigenvalue weighted by atomic mass is 10.1. The third-order valence-electron chi connectivity index (χ3n) is 2.21. The van der Waals surface area contributed by atoms with Gasteiger partial charge in [0.25, 0.3) is 5.91 Å². The second-order valence-corrected chi connectivity index (χ2v) is 7.97. The third-order valence-corrected chi connectivity index (χ3v) is 5.49. The molecule has 1 rings (SSSR count). The molecule has 0 bridgehead atoms. The van der Waals surface area contributed by atoms with Gasteiger partial charge in [-0.1, -0.05) is 0 Å². The molecular formula is C8H18N2O2S. The number of hydrogen-bond acceptors (Lipinski definition) is 2. The normalized spacial score (nSPS) is 28.2. The average molecular weight is 206 g/mol. The molecule has 0 spiro atoms. The molecule has 0 aliphatic carbocycles. The second kappa shape index (κ2) is 2.54. The van der Waals surface area contributed by atoms with E-state index in [4.69, 9.17) is 0 Å². The van der Waals surface area contributed by atoms with Crippen LogP contribution >= 0.6 is 0 Å². The van der Waals surface area contributed by atoms with Crippen LogP contribution in [-0.2, 0) is 15.1 Å². The monoisotopic (exact) mass is 206 g/mol. The summed E-state index contributed by atoms with van der Waals surface area (Å²) in [6, 6.07) is 0. The summed E-state index contributed by atoms with van der Waals surface area (Å²) in [5.41, 5.74) is -0.719. The predicted molar refractivity (Wildman–Crippen MR) is 54.6 cm³/mol. The van der Waals surface area contributed by atoms with E-state index in [-0.39, 0.29) is 5.91 Å². The highest BCUT2D eigenvalue weighted by Gasteiger charge is 2.46. The molecule has 0 atom stereocenters. The largest absolute Gasteiger partial charge is 0.285 e. The fraction of sp³-hybridized carbons (Fsp3) is 0.875. The number of amides is 1. The average Bonchev–Trinajstić information content (AvgIpc) is 2.01. The van der Waals surface area contributed by atoms with Gasteiger partial charge in [-0.2, -0.15) is 0 Å². The summed E-state index contributed by atoms with van der Waals surface area (Å²) in [7, 11) is -2.78. The first-order valence-corrected chi connectivity index (χ1v) is 6.01. The summed E-state index contributed by atoms with van der Waals surface area (Å²) < 4.78 is 17.2. The van der Waals surface area contributed by atoms with Crippen molar-refractivity contribution in [3.05, 3.63) is 0 Å². The minimum atomic E-state index is -2.78. The Labute approximate surface area is 80.2 Å². The first kappa shape index (κ1) is 10.7. The van der Waals surface area contributed by atoms with Crippen LogP contribution in [0.15, 0.2) is 0 Å². The Morgan fingerprint density at radius 2 is 1.77 bits per heavy atom. The molecule has 78 valence electrons. The molecule has 1 fully saturated rings. The van der Waals surface area contributed by atoms with Crippen LogP contribution in [0.5, 0.6) is 0 Å². The van der Waals surface area contributed by atoms with E-state index in [2.05, 4.69) is 9.44 Å². The van der Waals surface area contributed by atoms with Gasteiger partial charge >= 0.3 is 0 Å². The Morgan fingerprint density at radius 1 is 1.31 bits per heavy atom. The number of nitrogens with one attached hydrogen (secondary N) is 2. The Bertz CT molecular complexity index is 291. The lowest BCUT2D eigenvalue weighted by molar-refractivity contribution is -0.122. The lowest BCUT2D eigenvalue weighted by Crippen LogP contribution is -2.51. The lowest BCUT2D eigenvalue weighted by Gasteiger charge is -2.33. The summed E-state index contributed by atoms with van der Waals surface area (Å²) in [5, 5.41) is 0. The van der Waals surface area contributed by atoms with E-state index in [1.165, 1.54) is 0 Å². The van der Waals surface area contributed by atoms with E-state index in [0.29, 0.717) is 0 Å². The molecule has 0 aromatic rings. The van der Waals surface area contributed by atoms with Crippen molar-refractivity contribution >= 4 is 16.2 Å². The molecular weight excluding hydrogens is 188 g/mol. The number of carbonyl (C=O) groups is 1. The Kier molecular flexibility index (Phi) is 2.08. The van der Waals surface area contributed by atoms with E-state index in [0.717, 1.165) is 0 Å². The molecule has 1 saturated heterocycles. The highest BCUT2D eigenvalue weighted by atomic mass is 32.3. The van der Waals surface area contributed by atoms with Crippen molar-refractivity contribution in [2.24, 2.45) is 0 Å². The predicted octanol–water partition coefficient (Wildman–Crippen LogP) is 0.130. The van der Waals surface area contributed by atoms with Crippen LogP contribution in [0.25, 0.3) is 0 Å². The number of carbonyl (C=O) groups excluding carboxylic acids is 1. The van der Waals surface area contributed by atoms with E-state index >= 15 is 0 Å². The summed E-state index contributed by atoms with van der Waals surface area (Å²) in [5.74, 6) is -0.189. The third kappa shape index (κ3) is 1.62. The topological polar surface area (TPSA) is 58.2 Å². The number of rotatable bonds is 0. The quantitative estimate of drug-likeness (QED) is 0.493. The molecule has 1 amide bonds. The molecule has 5 heteroatoms. The van der Waals surface area contributed by atoms with Gasteiger partial charge in [0, 0.05) is 15.1 Å². The highest BCUT2D eigenvalue weighted by Crippen LogP contribution is 2.27. The minimum Gasteiger partial charge on any atom is -0.285 e. The molecule has 0 aromatic heterocycles. The maximum absolute atomic E-state index is 12.2. The molecule has 0 aromatic carbocycles. The minimum absolute atomic E-state index is 0.189. The Balaban J connectivity index is 3.03. The van der Waals surface area contributed by atoms with Crippen LogP contribution in [0, 0.1) is 0 Å². The standard InChI is InChI=1S/C8H18N2O2S/c1-7(2,3)13(12)9-6(11)8(4,5)10-13/h13H,1-5H3,(H2,9,10,11,12). The summed E-state index contributed by atoms with van der Waals surface area (Å²) in [6.45, 7) is 9.01. The van der Waals surface area contributed by atoms with Crippen LogP contribution < -0.4 is 9.44 Å². The first-order chi connectivity index (χ1) is 5.58. The molecule has 0 radical (unpaired) electrons. The van der Waals surface area contributed by atoms with E-state index < -0.39 is 20.6 Å². The van der Waals surface area contributed by atoms with Crippen molar-refractivity contribution in [1.82, 2.24) is 9.44 Å². The van der Waals surface area contributed by atoms with Gasteiger partial charge in [-0.15, -0.1) is 0 Å². The van der Waals surface area contributed by atoms with Gasteiger partial charge in [0.05, 0.1) is 0 Å². The number of thiol groups is 1. The Morgan fingerprint density at radius 3 is 1.92 bits per heavy atom. The van der Waals surface area contributed by atoms with Gasteiger partial charge in [-0.25, -0.2) is 4.72 Å². The van der Waals surface area contributed by atoms with Gasteiger partial charge in [-0.3, -0.25) is 13.7 Å². The molecule has 0 saturated carbocycles. The van der Waals surface area contributed by atoms with Crippen molar-refractivity contribution in [3.8, 4) is 0 Å². The summed E-state index contributed by atoms with van der Waals surface area (Å²) in [4.78, 5) is 11.4. The van der Waals surface area contributed by atoms with Crippen molar-refractivity contribution in [2.45, 2.75) is 44.9 Å². The van der Waals surface area contributed by atoms with Crippen LogP contribution in [0.3, 0.4) is 0 Å². The van der Waals surface area contributed by atoms with Crippen LogP contribution in [0.4, 0.5) is 0 Å². The molecule has 1 heterocycles. The van der Waals surface area contributed by atoms with Crippen molar-refractivity contribution in [1.29, 1.82) is 0 Å². The van der Waals surface area contributed by atoms with Gasteiger partial charge in [0.15, 0.2) is 0 Å². The zero-order chi connectivity index (χ0) is 10.5. The first-order valence-electron chi connectivity index (χ1n) is 4.31. The molecule has 0 unspecified atom stereocenters. The highest BCUT2D eigenvalue weighted by molar-refractivity contribution is 8.01. The molecule has 1 aliphatic heterocycles. The van der Waals surface area contributed by atoms with Gasteiger partial charge in [0.2, 0.25) is 0 Å². The van der Waals surface area contributed by atoms with Gasteiger partial charge < -0.3 is 0 Å². The smallest absolute Gasteiger partial charge is 0.251 e. The molecule has 13 heavy (non-hydrogen) atoms. The maximum atomic E-state index is 12.2. The summed E-state index contributed by atoms with van der Waals surface area (Å²) >= 11 is 0. The number of hydrogen-bond donors (Lipinski definition) is 3. The van der Waals surface area contributed by atoms with Crippen LogP contribution in [-0.4, -0.2) is 20.4 Å². The zero-order valence-electron chi connectivity index (χ0n) is 8.76. The van der Waals surface area contributed by atoms with Gasteiger partial charge in [-0.05, 0) is 34.6 Å².